The van der Waals surface area contributed by atoms with E-state index in [1.54, 1.807) is 14.0 Å². The first-order valence-electron chi connectivity index (χ1n) is 12.3. The van der Waals surface area contributed by atoms with Gasteiger partial charge in [0.2, 0.25) is 0 Å². The first-order valence-corrected chi connectivity index (χ1v) is 12.3. The third-order valence-electron chi connectivity index (χ3n) is 8.65. The van der Waals surface area contributed by atoms with E-state index in [1.807, 2.05) is 0 Å². The maximum atomic E-state index is 13.6. The molecule has 2 fully saturated rings. The zero-order chi connectivity index (χ0) is 24.8. The van der Waals surface area contributed by atoms with Crippen molar-refractivity contribution in [2.45, 2.75) is 81.3 Å². The van der Waals surface area contributed by atoms with Crippen LogP contribution in [0.15, 0.2) is 30.0 Å². The lowest BCUT2D eigenvalue weighted by molar-refractivity contribution is -0.129. The average molecular weight is 443 g/mol. The molecule has 0 aliphatic heterocycles. The van der Waals surface area contributed by atoms with E-state index in [2.05, 4.69) is 74.3 Å². The minimum absolute atomic E-state index is 0.00490. The van der Waals surface area contributed by atoms with Crippen molar-refractivity contribution in [2.24, 2.45) is 52.3 Å². The van der Waals surface area contributed by atoms with Gasteiger partial charge < -0.3 is 4.74 Å². The van der Waals surface area contributed by atoms with Gasteiger partial charge in [-0.15, -0.1) is 5.73 Å². The van der Waals surface area contributed by atoms with Gasteiger partial charge in [0.25, 0.3) is 0 Å². The van der Waals surface area contributed by atoms with E-state index in [4.69, 9.17) is 4.74 Å². The van der Waals surface area contributed by atoms with E-state index in [9.17, 15) is 9.59 Å². The van der Waals surface area contributed by atoms with E-state index in [0.29, 0.717) is 29.1 Å². The number of fused-ring (bicyclic) bond motifs is 1. The molecular formula is C29H46O3. The summed E-state index contributed by atoms with van der Waals surface area (Å²) >= 11 is 0. The Balaban J connectivity index is 2.53. The smallest absolute Gasteiger partial charge is 0.163 e. The van der Waals surface area contributed by atoms with Crippen LogP contribution in [0, 0.1) is 52.3 Å². The molecule has 0 bridgehead atoms. The quantitative estimate of drug-likeness (QED) is 0.227. The van der Waals surface area contributed by atoms with Crippen LogP contribution in [-0.4, -0.2) is 24.8 Å². The number of hydrogen-bond donors (Lipinski definition) is 0. The summed E-state index contributed by atoms with van der Waals surface area (Å²) in [5.74, 6) is 1.32. The van der Waals surface area contributed by atoms with Gasteiger partial charge in [0.15, 0.2) is 5.78 Å². The number of carbonyl (C=O) groups excluding carboxylic acids is 2. The van der Waals surface area contributed by atoms with Gasteiger partial charge in [-0.1, -0.05) is 74.1 Å². The van der Waals surface area contributed by atoms with Crippen LogP contribution in [0.5, 0.6) is 0 Å². The lowest BCUT2D eigenvalue weighted by Gasteiger charge is -2.41. The number of Topliss-reactive ketones (excluding diaryl/α,β-unsaturated/α-hetero) is 2. The molecule has 2 aliphatic rings. The molecule has 3 nitrogen and oxygen atoms in total. The van der Waals surface area contributed by atoms with Crippen LogP contribution in [0.4, 0.5) is 0 Å². The number of carbonyl (C=O) groups is 2. The third-order valence-corrected chi connectivity index (χ3v) is 8.65. The number of ketones is 2. The van der Waals surface area contributed by atoms with E-state index >= 15 is 0 Å². The number of ether oxygens (including phenoxy) is 1. The second-order valence-corrected chi connectivity index (χ2v) is 12.4. The molecule has 0 amide bonds. The van der Waals surface area contributed by atoms with Crippen molar-refractivity contribution < 1.29 is 14.3 Å². The van der Waals surface area contributed by atoms with E-state index in [0.717, 1.165) is 18.4 Å². The van der Waals surface area contributed by atoms with Crippen LogP contribution in [0.1, 0.15) is 75.2 Å². The number of methoxy groups -OCH3 is 1. The third kappa shape index (κ3) is 4.90. The molecule has 0 aromatic rings. The summed E-state index contributed by atoms with van der Waals surface area (Å²) < 4.78 is 6.19. The molecule has 0 aromatic heterocycles. The van der Waals surface area contributed by atoms with Gasteiger partial charge in [-0.3, -0.25) is 9.59 Å². The molecule has 0 radical (unpaired) electrons. The molecule has 3 heteroatoms. The fourth-order valence-electron chi connectivity index (χ4n) is 6.26. The molecule has 180 valence electrons. The molecule has 0 spiro atoms. The minimum atomic E-state index is -0.215. The van der Waals surface area contributed by atoms with Crippen LogP contribution in [-0.2, 0) is 14.3 Å². The van der Waals surface area contributed by atoms with Crippen molar-refractivity contribution in [3.8, 4) is 0 Å². The van der Waals surface area contributed by atoms with Crippen molar-refractivity contribution in [3.63, 3.8) is 0 Å². The Bertz CT molecular complexity index is 803. The lowest BCUT2D eigenvalue weighted by atomic mass is 9.65. The normalized spacial score (nSPS) is 29.5. The summed E-state index contributed by atoms with van der Waals surface area (Å²) in [6.07, 6.45) is 1.48. The lowest BCUT2D eigenvalue weighted by Crippen LogP contribution is -2.43. The highest BCUT2D eigenvalue weighted by atomic mass is 16.5. The first kappa shape index (κ1) is 26.8. The monoisotopic (exact) mass is 442 g/mol. The second-order valence-electron chi connectivity index (χ2n) is 12.4. The zero-order valence-corrected chi connectivity index (χ0v) is 22.2. The topological polar surface area (TPSA) is 43.4 Å². The predicted octanol–water partition coefficient (Wildman–Crippen LogP) is 6.68. The summed E-state index contributed by atoms with van der Waals surface area (Å²) in [4.78, 5) is 26.2. The van der Waals surface area contributed by atoms with Crippen molar-refractivity contribution in [3.05, 3.63) is 30.0 Å². The summed E-state index contributed by atoms with van der Waals surface area (Å²) in [7, 11) is 1.74. The van der Waals surface area contributed by atoms with Crippen LogP contribution in [0.3, 0.4) is 0 Å². The molecule has 0 aromatic carbocycles. The predicted molar refractivity (Wildman–Crippen MR) is 132 cm³/mol. The van der Waals surface area contributed by atoms with Crippen molar-refractivity contribution >= 4 is 11.6 Å². The average Bonchev–Trinajstić information content (AvgIpc) is 3.21. The summed E-state index contributed by atoms with van der Waals surface area (Å²) in [6, 6.07) is 0. The summed E-state index contributed by atoms with van der Waals surface area (Å²) in [5.41, 5.74) is 4.61. The van der Waals surface area contributed by atoms with Crippen molar-refractivity contribution in [2.75, 3.05) is 7.11 Å². The highest BCUT2D eigenvalue weighted by Gasteiger charge is 2.67. The maximum absolute atomic E-state index is 13.6. The fraction of sp³-hybridized carbons (Fsp3) is 0.759. The van der Waals surface area contributed by atoms with E-state index in [-0.39, 0.29) is 46.4 Å². The van der Waals surface area contributed by atoms with Crippen LogP contribution in [0.2, 0.25) is 0 Å². The van der Waals surface area contributed by atoms with Crippen molar-refractivity contribution in [1.82, 2.24) is 0 Å². The standard InChI is InChI=1S/C29H46O3/c1-13-20(19(6)30)22(14-16(2)3)27(32-12)24-17(4)21(15-23-25(24)29(23,10)11)26(31)18(5)28(7,8)9/h16,18,21-25,27H,1,4,14-15H2,2-3,5-12H3/t18-,21?,22+,23?,24+,25?,27?/m1/s1. The summed E-state index contributed by atoms with van der Waals surface area (Å²) in [6.45, 7) is 27.3. The van der Waals surface area contributed by atoms with Crippen LogP contribution >= 0.6 is 0 Å². The van der Waals surface area contributed by atoms with Crippen LogP contribution in [0.25, 0.3) is 0 Å². The Morgan fingerprint density at radius 2 is 1.78 bits per heavy atom. The SMILES string of the molecule is C=C=C(C(C)=O)[C@H](CC(C)C)C(OC)[C@H]1C(=C)C(C(=O)[C@@H](C)C(C)(C)C)CC2C1C2(C)C. The molecule has 32 heavy (non-hydrogen) atoms. The Kier molecular flexibility index (Phi) is 7.90. The molecule has 0 N–H and O–H groups in total. The van der Waals surface area contributed by atoms with Gasteiger partial charge in [0, 0.05) is 36.4 Å². The molecule has 2 saturated carbocycles. The van der Waals surface area contributed by atoms with Crippen LogP contribution < -0.4 is 0 Å². The van der Waals surface area contributed by atoms with Gasteiger partial charge in [-0.05, 0) is 48.3 Å². The highest BCUT2D eigenvalue weighted by Crippen LogP contribution is 2.70. The molecule has 7 atom stereocenters. The molecular weight excluding hydrogens is 396 g/mol. The second kappa shape index (κ2) is 9.43. The number of rotatable bonds is 9. The Morgan fingerprint density at radius 3 is 2.19 bits per heavy atom. The zero-order valence-electron chi connectivity index (χ0n) is 22.2. The first-order chi connectivity index (χ1) is 14.6. The molecule has 0 heterocycles. The Labute approximate surface area is 196 Å². The van der Waals surface area contributed by atoms with E-state index in [1.165, 1.54) is 0 Å². The van der Waals surface area contributed by atoms with Gasteiger partial charge in [-0.2, -0.15) is 0 Å². The largest absolute Gasteiger partial charge is 0.380 e. The molecule has 2 aliphatic carbocycles. The van der Waals surface area contributed by atoms with Gasteiger partial charge in [0.1, 0.15) is 5.78 Å². The van der Waals surface area contributed by atoms with E-state index < -0.39 is 0 Å². The minimum Gasteiger partial charge on any atom is -0.380 e. The van der Waals surface area contributed by atoms with Crippen molar-refractivity contribution in [1.29, 1.82) is 0 Å². The highest BCUT2D eigenvalue weighted by molar-refractivity contribution is 5.93. The molecule has 0 saturated heterocycles. The molecule has 4 unspecified atom stereocenters. The van der Waals surface area contributed by atoms with Gasteiger partial charge >= 0.3 is 0 Å². The fourth-order valence-corrected chi connectivity index (χ4v) is 6.26. The Morgan fingerprint density at radius 1 is 1.22 bits per heavy atom. The van der Waals surface area contributed by atoms with Gasteiger partial charge in [0.05, 0.1) is 6.10 Å². The Hall–Kier alpha value is -1.44. The summed E-state index contributed by atoms with van der Waals surface area (Å²) in [5, 5.41) is 0. The molecule has 2 rings (SSSR count). The number of hydrogen-bond acceptors (Lipinski definition) is 3. The maximum Gasteiger partial charge on any atom is 0.163 e. The van der Waals surface area contributed by atoms with Gasteiger partial charge in [-0.25, -0.2) is 0 Å².